The molecule has 6 aromatic heterocycles. The van der Waals surface area contributed by atoms with E-state index in [0.717, 1.165) is 0 Å². The first kappa shape index (κ1) is 89.0. The van der Waals surface area contributed by atoms with E-state index in [4.69, 9.17) is 60.3 Å². The Hall–Kier alpha value is -9.36. The Bertz CT molecular complexity index is 4950. The summed E-state index contributed by atoms with van der Waals surface area (Å²) in [7, 11) is -12.4. The molecule has 0 radical (unpaired) electrons. The maximum absolute atomic E-state index is 15.9. The summed E-state index contributed by atoms with van der Waals surface area (Å²) in [6, 6.07) is 21.9. The molecule has 0 aliphatic carbocycles. The van der Waals surface area contributed by atoms with Crippen molar-refractivity contribution in [2.45, 2.75) is 220 Å². The van der Waals surface area contributed by atoms with Gasteiger partial charge in [0.05, 0.1) is 82.0 Å². The quantitative estimate of drug-likeness (QED) is 0.0148. The number of para-hydroxylation sites is 3. The van der Waals surface area contributed by atoms with Gasteiger partial charge in [0.15, 0.2) is 69.2 Å². The highest BCUT2D eigenvalue weighted by atomic mass is 31.2. The summed E-state index contributed by atoms with van der Waals surface area (Å²) in [6.07, 6.45) is -3.33. The zero-order valence-corrected chi connectivity index (χ0v) is 69.5. The molecule has 3 saturated heterocycles. The van der Waals surface area contributed by atoms with Gasteiger partial charge in [0.25, 0.3) is 11.1 Å². The molecule has 630 valence electrons. The number of nitrogens with one attached hydrogen (secondary N) is 5. The highest BCUT2D eigenvalue weighted by Gasteiger charge is 2.52. The summed E-state index contributed by atoms with van der Waals surface area (Å²) in [5.74, 6) is 0.264. The Labute approximate surface area is 665 Å². The summed E-state index contributed by atoms with van der Waals surface area (Å²) in [4.78, 5) is 96.3. The highest BCUT2D eigenvalue weighted by molar-refractivity contribution is 7.52. The van der Waals surface area contributed by atoms with Crippen LogP contribution >= 0.6 is 23.2 Å². The molecule has 15 atom stereocenters. The minimum absolute atomic E-state index is 0.0573. The molecule has 0 spiro atoms. The maximum atomic E-state index is 15.9. The van der Waals surface area contributed by atoms with Crippen molar-refractivity contribution in [3.63, 3.8) is 0 Å². The lowest BCUT2D eigenvalue weighted by Crippen LogP contribution is -2.36. The van der Waals surface area contributed by atoms with Gasteiger partial charge in [-0.3, -0.25) is 51.2 Å². The van der Waals surface area contributed by atoms with Crippen molar-refractivity contribution in [1.29, 1.82) is 0 Å². The van der Waals surface area contributed by atoms with Gasteiger partial charge in [0.2, 0.25) is 5.88 Å². The third-order valence-corrected chi connectivity index (χ3v) is 22.3. The van der Waals surface area contributed by atoms with Gasteiger partial charge < -0.3 is 56.7 Å². The zero-order chi connectivity index (χ0) is 84.4. The van der Waals surface area contributed by atoms with E-state index < -0.39 is 124 Å². The van der Waals surface area contributed by atoms with Gasteiger partial charge in [-0.15, -0.1) is 0 Å². The predicted octanol–water partition coefficient (Wildman–Crippen LogP) is 11.8. The molecular formula is C74H97F3N15O21P3. The Kier molecular flexibility index (Phi) is 28.8. The van der Waals surface area contributed by atoms with Crippen LogP contribution in [0.2, 0.25) is 0 Å². The van der Waals surface area contributed by atoms with Crippen molar-refractivity contribution in [1.82, 2.24) is 73.8 Å². The number of H-pyrrole nitrogens is 2. The number of hydrogen-bond acceptors (Lipinski definition) is 28. The zero-order valence-electron chi connectivity index (χ0n) is 66.8. The fourth-order valence-corrected chi connectivity index (χ4v) is 17.0. The average Bonchev–Trinajstić information content (AvgIpc) is 1.62. The van der Waals surface area contributed by atoms with Gasteiger partial charge in [-0.1, -0.05) is 54.6 Å². The molecule has 3 aliphatic heterocycles. The number of carbonyl (C=O) groups is 3. The standard InChI is InChI=1S/C26H35FN5O7P.2C24H31FN5O7P/c1-7-35-23-21-22(29-18(5)30-23)32(15-28-21)25-26(6,27)13-20(38-25)14-36-40(34,39-19-11-9-8-10-12-19)31-17(4)24(33)37-16(2)3;2*1-14(2)35-22(32)15(3)29-38(33,37-17-9-7-6-8-10-17)34-12-18-11-24(5,25)23(36-18)30-13-26-19-20(30)27-16(4)28-21(19)31/h8-12,15-17,20,25H,7,13-14H2,1-6H3,(H,31,34);2*6-10,13-15,18,23H,11-12H2,1-5H3,(H,29,33)(H,27,28,31)/t17-,20+,25-,26-,40+;15-,18+,23-,24-,38+;15-,18+,23-,24-,38-/m111/s1. The van der Waals surface area contributed by atoms with E-state index in [0.29, 0.717) is 41.1 Å². The molecule has 5 N–H and O–H groups in total. The predicted molar refractivity (Wildman–Crippen MR) is 414 cm³/mol. The van der Waals surface area contributed by atoms with Gasteiger partial charge in [0.1, 0.15) is 52.8 Å². The number of benzene rings is 3. The van der Waals surface area contributed by atoms with Crippen LogP contribution < -0.4 is 44.7 Å². The van der Waals surface area contributed by atoms with Crippen LogP contribution in [0.25, 0.3) is 33.5 Å². The van der Waals surface area contributed by atoms with Crippen molar-refractivity contribution in [2.24, 2.45) is 0 Å². The molecule has 36 nitrogen and oxygen atoms in total. The van der Waals surface area contributed by atoms with Crippen molar-refractivity contribution in [3.05, 3.63) is 148 Å². The van der Waals surface area contributed by atoms with Crippen LogP contribution in [0.15, 0.2) is 120 Å². The Morgan fingerprint density at radius 1 is 0.483 bits per heavy atom. The van der Waals surface area contributed by atoms with Gasteiger partial charge >= 0.3 is 41.1 Å². The van der Waals surface area contributed by atoms with Crippen LogP contribution in [0.4, 0.5) is 13.2 Å². The lowest BCUT2D eigenvalue weighted by atomic mass is 10.0. The molecule has 0 unspecified atom stereocenters. The molecule has 9 heterocycles. The second kappa shape index (κ2) is 37.5. The summed E-state index contributed by atoms with van der Waals surface area (Å²) in [5, 5.41) is 7.80. The SMILES string of the molecule is CCOc1nc(C)nc2c1ncn2[C@@H]1O[C@H](CO[P@@](=O)(N[C@H](C)C(=O)OC(C)C)Oc2ccccc2)C[C@@]1(C)F.Cc1nc2c(ncn2[C@@H]2O[C@H](CO[P@@](=O)(N[C@H](C)C(=O)OC(C)C)Oc3ccccc3)C[C@@]2(C)F)c(=O)[nH]1.Cc1nc2c(ncn2[C@@H]2O[C@H](CO[P@](=O)(N[C@H](C)C(=O)OC(C)C)Oc3ccccc3)C[C@@]2(C)F)c(=O)[nH]1. The first-order chi connectivity index (χ1) is 54.6. The van der Waals surface area contributed by atoms with E-state index in [1.807, 2.05) is 6.92 Å². The molecule has 0 bridgehead atoms. The number of alkyl halides is 3. The molecular weight excluding hydrogens is 1580 g/mol. The third kappa shape index (κ3) is 22.9. The Morgan fingerprint density at radius 2 is 0.776 bits per heavy atom. The van der Waals surface area contributed by atoms with E-state index in [-0.39, 0.29) is 97.0 Å². The Morgan fingerprint density at radius 3 is 1.07 bits per heavy atom. The summed E-state index contributed by atoms with van der Waals surface area (Å²) >= 11 is 0. The van der Waals surface area contributed by atoms with Gasteiger partial charge in [0, 0.05) is 19.3 Å². The average molecular weight is 1680 g/mol. The fourth-order valence-electron chi connectivity index (χ4n) is 12.5. The molecule has 42 heteroatoms. The fraction of sp³-hybridized carbons (Fsp3) is 0.514. The molecule has 3 aliphatic rings. The second-order valence-electron chi connectivity index (χ2n) is 29.2. The largest absolute Gasteiger partial charge is 0.476 e. The summed E-state index contributed by atoms with van der Waals surface area (Å²) in [5.41, 5.74) is -5.31. The topological polar surface area (TPSA) is 429 Å². The number of esters is 3. The van der Waals surface area contributed by atoms with Crippen molar-refractivity contribution in [2.75, 3.05) is 26.4 Å². The van der Waals surface area contributed by atoms with Crippen LogP contribution in [-0.4, -0.2) is 175 Å². The number of aromatic nitrogens is 12. The van der Waals surface area contributed by atoms with E-state index in [1.54, 1.807) is 153 Å². The van der Waals surface area contributed by atoms with Crippen molar-refractivity contribution < 1.29 is 102 Å². The first-order valence-electron chi connectivity index (χ1n) is 37.3. The van der Waals surface area contributed by atoms with Gasteiger partial charge in [-0.25, -0.2) is 56.8 Å². The molecule has 3 aromatic carbocycles. The van der Waals surface area contributed by atoms with Gasteiger partial charge in [-0.05, 0) is 147 Å². The minimum Gasteiger partial charge on any atom is -0.476 e. The lowest BCUT2D eigenvalue weighted by Gasteiger charge is -2.24. The van der Waals surface area contributed by atoms with Crippen LogP contribution in [0.5, 0.6) is 23.1 Å². The van der Waals surface area contributed by atoms with Crippen molar-refractivity contribution >= 4 is 74.6 Å². The summed E-state index contributed by atoms with van der Waals surface area (Å²) in [6.45, 7) is 24.9. The smallest absolute Gasteiger partial charge is 0.459 e. The number of aromatic amines is 2. The van der Waals surface area contributed by atoms with E-state index >= 15 is 13.2 Å². The van der Waals surface area contributed by atoms with E-state index in [1.165, 1.54) is 74.2 Å². The maximum Gasteiger partial charge on any atom is 0.459 e. The highest BCUT2D eigenvalue weighted by Crippen LogP contribution is 2.52. The normalized spacial score (nSPS) is 23.6. The monoisotopic (exact) mass is 1680 g/mol. The molecule has 9 aromatic rings. The number of hydrogen-bond donors (Lipinski definition) is 5. The van der Waals surface area contributed by atoms with Gasteiger partial charge in [-0.2, -0.15) is 20.2 Å². The molecule has 116 heavy (non-hydrogen) atoms. The van der Waals surface area contributed by atoms with Crippen molar-refractivity contribution in [3.8, 4) is 23.1 Å². The number of fused-ring (bicyclic) bond motifs is 3. The number of rotatable bonds is 32. The minimum atomic E-state index is -4.15. The van der Waals surface area contributed by atoms with E-state index in [9.17, 15) is 37.7 Å². The number of halogens is 3. The molecule has 0 amide bonds. The number of carbonyl (C=O) groups excluding carboxylic acids is 3. The number of ether oxygens (including phenoxy) is 7. The second-order valence-corrected chi connectivity index (χ2v) is 34.2. The summed E-state index contributed by atoms with van der Waals surface area (Å²) < 4.78 is 166. The lowest BCUT2D eigenvalue weighted by molar-refractivity contribution is -0.150. The van der Waals surface area contributed by atoms with Crippen LogP contribution in [0.1, 0.15) is 145 Å². The molecule has 0 saturated carbocycles. The van der Waals surface area contributed by atoms with E-state index in [2.05, 4.69) is 60.1 Å². The third-order valence-electron chi connectivity index (χ3n) is 17.4. The Balaban J connectivity index is 0.000000184. The van der Waals surface area contributed by atoms with Crippen LogP contribution in [0.3, 0.4) is 0 Å². The number of aryl methyl sites for hydroxylation is 3. The van der Waals surface area contributed by atoms with Crippen LogP contribution in [-0.2, 0) is 70.1 Å². The molecule has 3 fully saturated rings. The number of nitrogens with zero attached hydrogens (tertiary/aromatic N) is 10. The molecule has 12 rings (SSSR count). The van der Waals surface area contributed by atoms with Crippen LogP contribution in [0, 0.1) is 20.8 Å². The number of imidazole rings is 3. The first-order valence-corrected chi connectivity index (χ1v) is 41.9.